The van der Waals surface area contributed by atoms with E-state index in [4.69, 9.17) is 4.74 Å². The van der Waals surface area contributed by atoms with Crippen LogP contribution in [0.4, 0.5) is 0 Å². The van der Waals surface area contributed by atoms with Crippen LogP contribution < -0.4 is 10.1 Å². The van der Waals surface area contributed by atoms with Crippen molar-refractivity contribution in [3.8, 4) is 5.75 Å². The molecule has 0 aromatic heterocycles. The summed E-state index contributed by atoms with van der Waals surface area (Å²) in [6.45, 7) is 2.44. The highest BCUT2D eigenvalue weighted by Crippen LogP contribution is 2.40. The van der Waals surface area contributed by atoms with E-state index in [-0.39, 0.29) is 18.4 Å². The molecule has 2 atom stereocenters. The number of nitrogens with zero attached hydrogens (tertiary/aromatic N) is 1. The Morgan fingerprint density at radius 1 is 1.41 bits per heavy atom. The first-order valence-corrected chi connectivity index (χ1v) is 7.60. The number of hydrogen-bond donors (Lipinski definition) is 2. The van der Waals surface area contributed by atoms with Gasteiger partial charge in [-0.1, -0.05) is 12.1 Å². The second-order valence-corrected chi connectivity index (χ2v) is 6.37. The zero-order valence-corrected chi connectivity index (χ0v) is 12.2. The van der Waals surface area contributed by atoms with Gasteiger partial charge in [-0.3, -0.25) is 9.59 Å². The Morgan fingerprint density at radius 2 is 2.27 bits per heavy atom. The van der Waals surface area contributed by atoms with Gasteiger partial charge < -0.3 is 20.1 Å². The van der Waals surface area contributed by atoms with Crippen LogP contribution in [0.3, 0.4) is 0 Å². The van der Waals surface area contributed by atoms with E-state index in [1.165, 1.54) is 0 Å². The van der Waals surface area contributed by atoms with E-state index >= 15 is 0 Å². The summed E-state index contributed by atoms with van der Waals surface area (Å²) in [7, 11) is 0. The number of carbonyl (C=O) groups is 2. The first kappa shape index (κ1) is 13.6. The fourth-order valence-electron chi connectivity index (χ4n) is 3.93. The molecule has 0 saturated carbocycles. The fourth-order valence-corrected chi connectivity index (χ4v) is 3.93. The molecule has 0 radical (unpaired) electrons. The Labute approximate surface area is 128 Å². The quantitative estimate of drug-likeness (QED) is 0.825. The first-order chi connectivity index (χ1) is 10.6. The summed E-state index contributed by atoms with van der Waals surface area (Å²) in [5.74, 6) is -0.278. The van der Waals surface area contributed by atoms with Gasteiger partial charge in [0.25, 0.3) is 5.91 Å². The van der Waals surface area contributed by atoms with Crippen LogP contribution in [0.1, 0.15) is 15.9 Å². The van der Waals surface area contributed by atoms with Gasteiger partial charge in [-0.2, -0.15) is 0 Å². The molecule has 2 fully saturated rings. The fraction of sp³-hybridized carbons (Fsp3) is 0.500. The Balaban J connectivity index is 1.63. The van der Waals surface area contributed by atoms with Crippen molar-refractivity contribution in [2.45, 2.75) is 6.42 Å². The molecule has 1 aromatic carbocycles. The van der Waals surface area contributed by atoms with Gasteiger partial charge in [-0.15, -0.1) is 0 Å². The van der Waals surface area contributed by atoms with Crippen molar-refractivity contribution in [2.24, 2.45) is 11.3 Å². The molecule has 0 aliphatic carbocycles. The Bertz CT molecular complexity index is 660. The molecular formula is C16H18N2O4. The minimum atomic E-state index is -0.839. The van der Waals surface area contributed by atoms with E-state index in [9.17, 15) is 14.7 Å². The van der Waals surface area contributed by atoms with E-state index < -0.39 is 11.4 Å². The van der Waals surface area contributed by atoms with Crippen molar-refractivity contribution in [1.29, 1.82) is 0 Å². The van der Waals surface area contributed by atoms with Crippen LogP contribution in [-0.4, -0.2) is 54.7 Å². The molecule has 116 valence electrons. The summed E-state index contributed by atoms with van der Waals surface area (Å²) in [6, 6.07) is 5.61. The molecule has 0 unspecified atom stereocenters. The molecule has 2 saturated heterocycles. The SMILES string of the molecule is O=C(c1cccc2c1OCC2)N1C[C@@H]2CNC[C@]2(C(=O)O)C1. The van der Waals surface area contributed by atoms with Gasteiger partial charge in [-0.05, 0) is 11.6 Å². The lowest BCUT2D eigenvalue weighted by Gasteiger charge is -2.23. The second-order valence-electron chi connectivity index (χ2n) is 6.37. The highest BCUT2D eigenvalue weighted by molar-refractivity contribution is 5.98. The van der Waals surface area contributed by atoms with E-state index in [2.05, 4.69) is 5.32 Å². The summed E-state index contributed by atoms with van der Waals surface area (Å²) in [6.07, 6.45) is 0.821. The summed E-state index contributed by atoms with van der Waals surface area (Å²) in [4.78, 5) is 26.2. The summed E-state index contributed by atoms with van der Waals surface area (Å²) in [5.41, 5.74) is 0.775. The largest absolute Gasteiger partial charge is 0.492 e. The normalized spacial score (nSPS) is 29.1. The highest BCUT2D eigenvalue weighted by Gasteiger charge is 2.56. The average molecular weight is 302 g/mol. The van der Waals surface area contributed by atoms with Crippen molar-refractivity contribution >= 4 is 11.9 Å². The van der Waals surface area contributed by atoms with E-state index in [0.717, 1.165) is 12.0 Å². The number of amides is 1. The van der Waals surface area contributed by atoms with Crippen molar-refractivity contribution < 1.29 is 19.4 Å². The molecule has 0 bridgehead atoms. The number of carboxylic acids is 1. The van der Waals surface area contributed by atoms with Crippen LogP contribution in [0.15, 0.2) is 18.2 Å². The monoisotopic (exact) mass is 302 g/mol. The number of rotatable bonds is 2. The zero-order valence-electron chi connectivity index (χ0n) is 12.2. The van der Waals surface area contributed by atoms with Gasteiger partial charge in [0, 0.05) is 38.5 Å². The molecule has 1 amide bonds. The lowest BCUT2D eigenvalue weighted by molar-refractivity contribution is -0.148. The average Bonchev–Trinajstić information content (AvgIpc) is 3.18. The maximum Gasteiger partial charge on any atom is 0.313 e. The van der Waals surface area contributed by atoms with Gasteiger partial charge in [0.1, 0.15) is 11.2 Å². The molecule has 3 aliphatic rings. The summed E-state index contributed by atoms with van der Waals surface area (Å²) < 4.78 is 5.60. The topological polar surface area (TPSA) is 78.9 Å². The molecule has 6 nitrogen and oxygen atoms in total. The molecule has 1 aromatic rings. The lowest BCUT2D eigenvalue weighted by Crippen LogP contribution is -2.41. The molecular weight excluding hydrogens is 284 g/mol. The molecule has 3 aliphatic heterocycles. The number of benzene rings is 1. The van der Waals surface area contributed by atoms with E-state index in [1.54, 1.807) is 11.0 Å². The zero-order chi connectivity index (χ0) is 15.3. The number of nitrogens with one attached hydrogen (secondary N) is 1. The molecule has 6 heteroatoms. The minimum Gasteiger partial charge on any atom is -0.492 e. The van der Waals surface area contributed by atoms with Gasteiger partial charge in [0.2, 0.25) is 0 Å². The summed E-state index contributed by atoms with van der Waals surface area (Å²) in [5, 5.41) is 12.7. The minimum absolute atomic E-state index is 0.0216. The number of hydrogen-bond acceptors (Lipinski definition) is 4. The van der Waals surface area contributed by atoms with Crippen LogP contribution in [0.2, 0.25) is 0 Å². The van der Waals surface area contributed by atoms with Crippen LogP contribution >= 0.6 is 0 Å². The Morgan fingerprint density at radius 3 is 3.05 bits per heavy atom. The van der Waals surface area contributed by atoms with Crippen molar-refractivity contribution in [3.05, 3.63) is 29.3 Å². The number of fused-ring (bicyclic) bond motifs is 2. The molecule has 0 spiro atoms. The second kappa shape index (κ2) is 4.71. The van der Waals surface area contributed by atoms with Crippen LogP contribution in [-0.2, 0) is 11.2 Å². The molecule has 22 heavy (non-hydrogen) atoms. The van der Waals surface area contributed by atoms with E-state index in [1.807, 2.05) is 12.1 Å². The van der Waals surface area contributed by atoms with Gasteiger partial charge in [0.15, 0.2) is 0 Å². The molecule has 2 N–H and O–H groups in total. The van der Waals surface area contributed by atoms with Crippen LogP contribution in [0.25, 0.3) is 0 Å². The van der Waals surface area contributed by atoms with Crippen LogP contribution in [0.5, 0.6) is 5.75 Å². The lowest BCUT2D eigenvalue weighted by atomic mass is 9.81. The highest BCUT2D eigenvalue weighted by atomic mass is 16.5. The molecule has 3 heterocycles. The number of carboxylic acid groups (broad SMARTS) is 1. The van der Waals surface area contributed by atoms with Gasteiger partial charge in [-0.25, -0.2) is 0 Å². The Kier molecular flexibility index (Phi) is 2.91. The predicted molar refractivity (Wildman–Crippen MR) is 78.0 cm³/mol. The van der Waals surface area contributed by atoms with Gasteiger partial charge in [0.05, 0.1) is 12.2 Å². The standard InChI is InChI=1S/C16H18N2O4/c19-14(12-3-1-2-10-4-5-22-13(10)12)18-7-11-6-17-8-16(11,9-18)15(20)21/h1-3,11,17H,4-9H2,(H,20,21)/t11-,16-/m0/s1. The van der Waals surface area contributed by atoms with Crippen LogP contribution in [0, 0.1) is 11.3 Å². The predicted octanol–water partition coefficient (Wildman–Crippen LogP) is 0.368. The maximum absolute atomic E-state index is 12.8. The Hall–Kier alpha value is -2.08. The van der Waals surface area contributed by atoms with E-state index in [0.29, 0.717) is 37.6 Å². The first-order valence-electron chi connectivity index (χ1n) is 7.60. The third-order valence-corrected chi connectivity index (χ3v) is 5.18. The maximum atomic E-state index is 12.8. The third kappa shape index (κ3) is 1.76. The smallest absolute Gasteiger partial charge is 0.313 e. The van der Waals surface area contributed by atoms with Crippen molar-refractivity contribution in [1.82, 2.24) is 10.2 Å². The number of para-hydroxylation sites is 1. The van der Waals surface area contributed by atoms with Gasteiger partial charge >= 0.3 is 5.97 Å². The number of likely N-dealkylation sites (tertiary alicyclic amines) is 1. The summed E-state index contributed by atoms with van der Waals surface area (Å²) >= 11 is 0. The number of aliphatic carboxylic acids is 1. The van der Waals surface area contributed by atoms with Crippen molar-refractivity contribution in [3.63, 3.8) is 0 Å². The number of ether oxygens (including phenoxy) is 1. The molecule has 4 rings (SSSR count). The number of carbonyl (C=O) groups excluding carboxylic acids is 1. The van der Waals surface area contributed by atoms with Crippen molar-refractivity contribution in [2.75, 3.05) is 32.8 Å². The third-order valence-electron chi connectivity index (χ3n) is 5.18.